The van der Waals surface area contributed by atoms with E-state index in [4.69, 9.17) is 7.98 Å². The van der Waals surface area contributed by atoms with Gasteiger partial charge in [-0.25, -0.2) is 4.98 Å². The van der Waals surface area contributed by atoms with Crippen LogP contribution in [0.5, 0.6) is 0 Å². The highest BCUT2D eigenvalue weighted by atomic mass is 16.1. The summed E-state index contributed by atoms with van der Waals surface area (Å²) in [6, 6.07) is 5.69. The van der Waals surface area contributed by atoms with E-state index in [1.165, 1.54) is 0 Å². The monoisotopic (exact) mass is 225 g/mol. The Balaban J connectivity index is 2.10. The van der Waals surface area contributed by atoms with Crippen molar-refractivity contribution in [1.29, 1.82) is 0 Å². The normalized spacial score (nSPS) is 21.1. The molecule has 2 radical (unpaired) electrons. The van der Waals surface area contributed by atoms with Crippen molar-refractivity contribution in [2.24, 2.45) is 0 Å². The third-order valence-corrected chi connectivity index (χ3v) is 3.30. The summed E-state index contributed by atoms with van der Waals surface area (Å²) in [5.41, 5.74) is 2.24. The lowest BCUT2D eigenvalue weighted by atomic mass is 10.2. The van der Waals surface area contributed by atoms with Gasteiger partial charge in [0, 0.05) is 5.56 Å². The first-order valence-electron chi connectivity index (χ1n) is 5.75. The first-order valence-corrected chi connectivity index (χ1v) is 5.75. The Bertz CT molecular complexity index is 566. The molecule has 0 aliphatic carbocycles. The van der Waals surface area contributed by atoms with E-state index in [1.54, 1.807) is 10.9 Å². The zero-order valence-corrected chi connectivity index (χ0v) is 9.39. The van der Waals surface area contributed by atoms with Gasteiger partial charge in [0.05, 0.1) is 17.1 Å². The summed E-state index contributed by atoms with van der Waals surface area (Å²) in [7, 11) is 5.91. The summed E-state index contributed by atoms with van der Waals surface area (Å²) in [5, 5.41) is 0. The van der Waals surface area contributed by atoms with E-state index in [0.717, 1.165) is 42.5 Å². The highest BCUT2D eigenvalue weighted by Crippen LogP contribution is 2.29. The lowest BCUT2D eigenvalue weighted by Gasteiger charge is -2.16. The zero-order valence-electron chi connectivity index (χ0n) is 9.39. The Labute approximate surface area is 100 Å². The fourth-order valence-corrected chi connectivity index (χ4v) is 2.41. The van der Waals surface area contributed by atoms with Crippen LogP contribution in [0.15, 0.2) is 18.2 Å². The van der Waals surface area contributed by atoms with E-state index in [1.807, 2.05) is 12.1 Å². The second-order valence-electron chi connectivity index (χ2n) is 4.38. The van der Waals surface area contributed by atoms with Crippen LogP contribution in [0.4, 0.5) is 0 Å². The third kappa shape index (κ3) is 1.67. The molecular formula is C12H12BN3O. The summed E-state index contributed by atoms with van der Waals surface area (Å²) >= 11 is 0. The Morgan fingerprint density at radius 3 is 3.12 bits per heavy atom. The van der Waals surface area contributed by atoms with Crippen molar-refractivity contribution in [2.75, 3.05) is 6.54 Å². The van der Waals surface area contributed by atoms with Gasteiger partial charge in [-0.1, -0.05) is 6.07 Å². The van der Waals surface area contributed by atoms with Gasteiger partial charge in [0.1, 0.15) is 5.82 Å². The molecule has 84 valence electrons. The molecule has 0 amide bonds. The average Bonchev–Trinajstić information content (AvgIpc) is 2.93. The highest BCUT2D eigenvalue weighted by Gasteiger charge is 2.25. The van der Waals surface area contributed by atoms with E-state index < -0.39 is 0 Å². The molecule has 0 spiro atoms. The van der Waals surface area contributed by atoms with Crippen LogP contribution < -0.4 is 0 Å². The van der Waals surface area contributed by atoms with Crippen LogP contribution in [0, 0.1) is 0 Å². The fourth-order valence-electron chi connectivity index (χ4n) is 2.41. The van der Waals surface area contributed by atoms with Crippen LogP contribution in [0.1, 0.15) is 35.1 Å². The number of nitrogens with zero attached hydrogens (tertiary/aromatic N) is 2. The molecule has 1 aliphatic rings. The number of carbonyl (C=O) groups excluding carboxylic acids is 1. The van der Waals surface area contributed by atoms with Gasteiger partial charge in [-0.15, -0.1) is 0 Å². The van der Waals surface area contributed by atoms with Crippen molar-refractivity contribution in [3.8, 4) is 0 Å². The number of imidazole rings is 1. The third-order valence-electron chi connectivity index (χ3n) is 3.30. The predicted octanol–water partition coefficient (Wildman–Crippen LogP) is 1.60. The first-order chi connectivity index (χ1) is 8.29. The second-order valence-corrected chi connectivity index (χ2v) is 4.38. The molecule has 2 aromatic rings. The second kappa shape index (κ2) is 4.00. The minimum atomic E-state index is 0.141. The maximum Gasteiger partial charge on any atom is 0.183 e. The molecular weight excluding hydrogens is 213 g/mol. The van der Waals surface area contributed by atoms with E-state index in [0.29, 0.717) is 5.56 Å². The van der Waals surface area contributed by atoms with Crippen LogP contribution >= 0.6 is 0 Å². The van der Waals surface area contributed by atoms with Crippen molar-refractivity contribution in [3.05, 3.63) is 29.6 Å². The van der Waals surface area contributed by atoms with E-state index in [9.17, 15) is 4.79 Å². The standard InChI is InChI=1S/C12H12BN3O/c13-16-6-2-5-10(16)12-14-9-4-1-3-8(7-17)11(9)15-12/h1,3-4,7,10H,2,5-6H2,(H,14,15)/t10-/m0/s1. The van der Waals surface area contributed by atoms with Crippen LogP contribution in [0.25, 0.3) is 11.0 Å². The number of H-pyrrole nitrogens is 1. The van der Waals surface area contributed by atoms with Gasteiger partial charge in [0.25, 0.3) is 0 Å². The number of aromatic nitrogens is 2. The number of nitrogens with one attached hydrogen (secondary N) is 1. The molecule has 1 aromatic carbocycles. The summed E-state index contributed by atoms with van der Waals surface area (Å²) in [5.74, 6) is 0.856. The maximum atomic E-state index is 10.9. The molecule has 17 heavy (non-hydrogen) atoms. The summed E-state index contributed by atoms with van der Waals surface area (Å²) in [4.78, 5) is 20.5. The average molecular weight is 225 g/mol. The highest BCUT2D eigenvalue weighted by molar-refractivity contribution is 6.04. The minimum absolute atomic E-state index is 0.141. The molecule has 2 heterocycles. The van der Waals surface area contributed by atoms with Crippen molar-refractivity contribution in [1.82, 2.24) is 14.8 Å². The van der Waals surface area contributed by atoms with E-state index in [2.05, 4.69) is 9.97 Å². The summed E-state index contributed by atoms with van der Waals surface area (Å²) < 4.78 is 0. The number of rotatable bonds is 2. The molecule has 0 bridgehead atoms. The number of para-hydroxylation sites is 1. The number of hydrogen-bond acceptors (Lipinski definition) is 3. The maximum absolute atomic E-state index is 10.9. The molecule has 0 unspecified atom stereocenters. The minimum Gasteiger partial charge on any atom is -0.345 e. The number of carbonyl (C=O) groups is 1. The molecule has 1 aromatic heterocycles. The molecule has 3 rings (SSSR count). The Morgan fingerprint density at radius 1 is 1.53 bits per heavy atom. The molecule has 0 saturated carbocycles. The number of fused-ring (bicyclic) bond motifs is 1. The van der Waals surface area contributed by atoms with Crippen molar-refractivity contribution >= 4 is 25.3 Å². The molecule has 1 N–H and O–H groups in total. The van der Waals surface area contributed by atoms with E-state index >= 15 is 0 Å². The lowest BCUT2D eigenvalue weighted by molar-refractivity contribution is 0.112. The lowest BCUT2D eigenvalue weighted by Crippen LogP contribution is -2.20. The van der Waals surface area contributed by atoms with Crippen molar-refractivity contribution < 1.29 is 4.79 Å². The molecule has 1 fully saturated rings. The summed E-state index contributed by atoms with van der Waals surface area (Å²) in [6.07, 6.45) is 2.92. The Kier molecular flexibility index (Phi) is 2.48. The van der Waals surface area contributed by atoms with Crippen LogP contribution in [-0.2, 0) is 0 Å². The molecule has 1 saturated heterocycles. The van der Waals surface area contributed by atoms with Crippen molar-refractivity contribution in [2.45, 2.75) is 18.9 Å². The largest absolute Gasteiger partial charge is 0.345 e. The number of benzene rings is 1. The van der Waals surface area contributed by atoms with Gasteiger partial charge >= 0.3 is 0 Å². The molecule has 5 heteroatoms. The van der Waals surface area contributed by atoms with Gasteiger partial charge in [0.15, 0.2) is 14.3 Å². The van der Waals surface area contributed by atoms with Gasteiger partial charge in [-0.2, -0.15) is 0 Å². The SMILES string of the molecule is [B]N1CCC[C@H]1c1nc2c(C=O)cccc2[nH]1. The Hall–Kier alpha value is -1.62. The quantitative estimate of drug-likeness (QED) is 0.623. The number of aldehydes is 1. The predicted molar refractivity (Wildman–Crippen MR) is 65.9 cm³/mol. The van der Waals surface area contributed by atoms with E-state index in [-0.39, 0.29) is 6.04 Å². The number of hydrogen-bond donors (Lipinski definition) is 1. The van der Waals surface area contributed by atoms with Gasteiger partial charge in [0.2, 0.25) is 0 Å². The Morgan fingerprint density at radius 2 is 2.41 bits per heavy atom. The van der Waals surface area contributed by atoms with Crippen LogP contribution in [0.2, 0.25) is 0 Å². The van der Waals surface area contributed by atoms with Gasteiger partial charge in [-0.05, 0) is 31.5 Å². The molecule has 1 atom stereocenters. The summed E-state index contributed by atoms with van der Waals surface area (Å²) in [6.45, 7) is 0.891. The first kappa shape index (κ1) is 10.5. The molecule has 1 aliphatic heterocycles. The zero-order chi connectivity index (χ0) is 11.8. The van der Waals surface area contributed by atoms with Gasteiger partial charge < -0.3 is 9.79 Å². The van der Waals surface area contributed by atoms with Crippen LogP contribution in [-0.4, -0.2) is 35.6 Å². The van der Waals surface area contributed by atoms with Gasteiger partial charge in [-0.3, -0.25) is 4.79 Å². The van der Waals surface area contributed by atoms with Crippen molar-refractivity contribution in [3.63, 3.8) is 0 Å². The number of aromatic amines is 1. The fraction of sp³-hybridized carbons (Fsp3) is 0.333. The molecule has 4 nitrogen and oxygen atoms in total. The smallest absolute Gasteiger partial charge is 0.183 e. The van der Waals surface area contributed by atoms with Crippen LogP contribution in [0.3, 0.4) is 0 Å². The topological polar surface area (TPSA) is 49.0 Å².